The Morgan fingerprint density at radius 1 is 1.15 bits per heavy atom. The normalized spacial score (nSPS) is 12.3. The molecule has 0 aliphatic carbocycles. The number of ether oxygens (including phenoxy) is 2. The number of aryl methyl sites for hydroxylation is 1. The maximum atomic E-state index is 12.2. The molecule has 0 saturated carbocycles. The smallest absolute Gasteiger partial charge is 0.255 e. The summed E-state index contributed by atoms with van der Waals surface area (Å²) in [6.07, 6.45) is 0. The average Bonchev–Trinajstić information content (AvgIpc) is 2.89. The lowest BCUT2D eigenvalue weighted by atomic mass is 10.1. The van der Waals surface area contributed by atoms with Gasteiger partial charge in [-0.25, -0.2) is 0 Å². The van der Waals surface area contributed by atoms with Crippen molar-refractivity contribution in [2.75, 3.05) is 12.1 Å². The Hall–Kier alpha value is -2.01. The first-order chi connectivity index (χ1) is 9.63. The van der Waals surface area contributed by atoms with E-state index in [4.69, 9.17) is 9.47 Å². The molecule has 1 amide bonds. The lowest BCUT2D eigenvalue weighted by molar-refractivity contribution is 0.102. The lowest BCUT2D eigenvalue weighted by Crippen LogP contribution is -2.11. The number of rotatable bonds is 2. The van der Waals surface area contributed by atoms with Crippen LogP contribution in [-0.2, 0) is 0 Å². The third-order valence-electron chi connectivity index (χ3n) is 3.05. The van der Waals surface area contributed by atoms with Crippen molar-refractivity contribution in [1.29, 1.82) is 0 Å². The first-order valence-electron chi connectivity index (χ1n) is 6.10. The van der Waals surface area contributed by atoms with Crippen LogP contribution in [0, 0.1) is 6.92 Å². The SMILES string of the molecule is Cc1cc(C(=O)Nc2ccc3c(c2)OCO3)ccc1Br. The maximum Gasteiger partial charge on any atom is 0.255 e. The minimum Gasteiger partial charge on any atom is -0.454 e. The second-order valence-corrected chi connectivity index (χ2v) is 5.34. The highest BCUT2D eigenvalue weighted by molar-refractivity contribution is 9.10. The number of carbonyl (C=O) groups excluding carboxylic acids is 1. The highest BCUT2D eigenvalue weighted by Crippen LogP contribution is 2.34. The maximum absolute atomic E-state index is 12.2. The minimum absolute atomic E-state index is 0.153. The number of hydrogen-bond donors (Lipinski definition) is 1. The van der Waals surface area contributed by atoms with E-state index in [1.807, 2.05) is 19.1 Å². The molecule has 0 radical (unpaired) electrons. The fourth-order valence-electron chi connectivity index (χ4n) is 1.96. The van der Waals surface area contributed by atoms with Gasteiger partial charge in [-0.2, -0.15) is 0 Å². The van der Waals surface area contributed by atoms with Crippen molar-refractivity contribution in [3.63, 3.8) is 0 Å². The van der Waals surface area contributed by atoms with Gasteiger partial charge >= 0.3 is 0 Å². The van der Waals surface area contributed by atoms with Crippen molar-refractivity contribution in [2.24, 2.45) is 0 Å². The molecule has 2 aromatic rings. The Morgan fingerprint density at radius 2 is 1.95 bits per heavy atom. The Balaban J connectivity index is 1.80. The average molecular weight is 334 g/mol. The van der Waals surface area contributed by atoms with E-state index in [-0.39, 0.29) is 12.7 Å². The van der Waals surface area contributed by atoms with Crippen LogP contribution in [0.25, 0.3) is 0 Å². The molecule has 2 aromatic carbocycles. The number of halogens is 1. The molecule has 102 valence electrons. The van der Waals surface area contributed by atoms with Crippen LogP contribution in [0.3, 0.4) is 0 Å². The summed E-state index contributed by atoms with van der Waals surface area (Å²) in [6.45, 7) is 2.17. The Labute approximate surface area is 124 Å². The lowest BCUT2D eigenvalue weighted by Gasteiger charge is -2.07. The zero-order valence-corrected chi connectivity index (χ0v) is 12.4. The number of carbonyl (C=O) groups is 1. The second-order valence-electron chi connectivity index (χ2n) is 4.49. The summed E-state index contributed by atoms with van der Waals surface area (Å²) in [4.78, 5) is 12.2. The summed E-state index contributed by atoms with van der Waals surface area (Å²) in [5.74, 6) is 1.19. The Morgan fingerprint density at radius 3 is 2.75 bits per heavy atom. The molecule has 1 aliphatic rings. The highest BCUT2D eigenvalue weighted by atomic mass is 79.9. The van der Waals surface area contributed by atoms with E-state index in [1.54, 1.807) is 24.3 Å². The van der Waals surface area contributed by atoms with E-state index in [2.05, 4.69) is 21.2 Å². The van der Waals surface area contributed by atoms with Crippen LogP contribution in [0.15, 0.2) is 40.9 Å². The summed E-state index contributed by atoms with van der Waals surface area (Å²) in [6, 6.07) is 10.8. The van der Waals surface area contributed by atoms with Crippen LogP contribution in [-0.4, -0.2) is 12.7 Å². The van der Waals surface area contributed by atoms with Crippen LogP contribution in [0.5, 0.6) is 11.5 Å². The predicted octanol–water partition coefficient (Wildman–Crippen LogP) is 3.74. The summed E-state index contributed by atoms with van der Waals surface area (Å²) >= 11 is 3.42. The largest absolute Gasteiger partial charge is 0.454 e. The van der Waals surface area contributed by atoms with Gasteiger partial charge in [0.05, 0.1) is 0 Å². The number of nitrogens with one attached hydrogen (secondary N) is 1. The van der Waals surface area contributed by atoms with Crippen molar-refractivity contribution in [1.82, 2.24) is 0 Å². The van der Waals surface area contributed by atoms with Crippen LogP contribution in [0.2, 0.25) is 0 Å². The van der Waals surface area contributed by atoms with Gasteiger partial charge in [-0.15, -0.1) is 0 Å². The molecule has 0 aromatic heterocycles. The van der Waals surface area contributed by atoms with Gasteiger partial charge in [0.1, 0.15) is 0 Å². The van der Waals surface area contributed by atoms with Gasteiger partial charge in [0.15, 0.2) is 11.5 Å². The fourth-order valence-corrected chi connectivity index (χ4v) is 2.21. The molecular weight excluding hydrogens is 322 g/mol. The molecule has 0 spiro atoms. The molecule has 20 heavy (non-hydrogen) atoms. The quantitative estimate of drug-likeness (QED) is 0.910. The molecule has 0 fully saturated rings. The van der Waals surface area contributed by atoms with Crippen LogP contribution < -0.4 is 14.8 Å². The molecule has 1 N–H and O–H groups in total. The third-order valence-corrected chi connectivity index (χ3v) is 3.94. The van der Waals surface area contributed by atoms with Gasteiger partial charge in [0, 0.05) is 21.8 Å². The van der Waals surface area contributed by atoms with Gasteiger partial charge < -0.3 is 14.8 Å². The van der Waals surface area contributed by atoms with Gasteiger partial charge in [0.2, 0.25) is 6.79 Å². The van der Waals surface area contributed by atoms with E-state index in [0.717, 1.165) is 10.0 Å². The van der Waals surface area contributed by atoms with E-state index in [1.165, 1.54) is 0 Å². The van der Waals surface area contributed by atoms with E-state index in [0.29, 0.717) is 22.7 Å². The number of amides is 1. The van der Waals surface area contributed by atoms with Crippen LogP contribution in [0.1, 0.15) is 15.9 Å². The van der Waals surface area contributed by atoms with Gasteiger partial charge in [-0.05, 0) is 42.8 Å². The molecule has 0 bridgehead atoms. The van der Waals surface area contributed by atoms with Gasteiger partial charge in [-0.1, -0.05) is 15.9 Å². The molecule has 0 atom stereocenters. The summed E-state index contributed by atoms with van der Waals surface area (Å²) in [5.41, 5.74) is 2.31. The first-order valence-corrected chi connectivity index (χ1v) is 6.90. The molecule has 5 heteroatoms. The number of fused-ring (bicyclic) bond motifs is 1. The molecule has 3 rings (SSSR count). The van der Waals surface area contributed by atoms with E-state index >= 15 is 0 Å². The zero-order chi connectivity index (χ0) is 14.1. The highest BCUT2D eigenvalue weighted by Gasteiger charge is 2.14. The van der Waals surface area contributed by atoms with Crippen LogP contribution in [0.4, 0.5) is 5.69 Å². The van der Waals surface area contributed by atoms with Crippen molar-refractivity contribution >= 4 is 27.5 Å². The molecule has 4 nitrogen and oxygen atoms in total. The minimum atomic E-state index is -0.153. The zero-order valence-electron chi connectivity index (χ0n) is 10.8. The van der Waals surface area contributed by atoms with Crippen molar-refractivity contribution < 1.29 is 14.3 Å². The number of anilines is 1. The monoisotopic (exact) mass is 333 g/mol. The van der Waals surface area contributed by atoms with Crippen LogP contribution >= 0.6 is 15.9 Å². The van der Waals surface area contributed by atoms with Crippen molar-refractivity contribution in [3.05, 3.63) is 52.0 Å². The van der Waals surface area contributed by atoms with Gasteiger partial charge in [-0.3, -0.25) is 4.79 Å². The standard InChI is InChI=1S/C15H12BrNO3/c1-9-6-10(2-4-12(9)16)15(18)17-11-3-5-13-14(7-11)20-8-19-13/h2-7H,8H2,1H3,(H,17,18). The molecule has 1 heterocycles. The summed E-state index contributed by atoms with van der Waals surface area (Å²) in [5, 5.41) is 2.84. The van der Waals surface area contributed by atoms with E-state index < -0.39 is 0 Å². The summed E-state index contributed by atoms with van der Waals surface area (Å²) < 4.78 is 11.5. The number of benzene rings is 2. The third kappa shape index (κ3) is 2.49. The molecule has 0 unspecified atom stereocenters. The second kappa shape index (κ2) is 5.17. The predicted molar refractivity (Wildman–Crippen MR) is 79.4 cm³/mol. The molecular formula is C15H12BrNO3. The molecule has 0 saturated heterocycles. The first kappa shape index (κ1) is 13.0. The molecule has 1 aliphatic heterocycles. The summed E-state index contributed by atoms with van der Waals surface area (Å²) in [7, 11) is 0. The van der Waals surface area contributed by atoms with Crippen molar-refractivity contribution in [3.8, 4) is 11.5 Å². The van der Waals surface area contributed by atoms with E-state index in [9.17, 15) is 4.79 Å². The number of hydrogen-bond acceptors (Lipinski definition) is 3. The van der Waals surface area contributed by atoms with Gasteiger partial charge in [0.25, 0.3) is 5.91 Å². The topological polar surface area (TPSA) is 47.6 Å². The Kier molecular flexibility index (Phi) is 3.36. The van der Waals surface area contributed by atoms with Crippen molar-refractivity contribution in [2.45, 2.75) is 6.92 Å². The fraction of sp³-hybridized carbons (Fsp3) is 0.133. The Bertz CT molecular complexity index is 685.